The van der Waals surface area contributed by atoms with Crippen LogP contribution in [0.4, 0.5) is 0 Å². The van der Waals surface area contributed by atoms with Crippen LogP contribution in [0.3, 0.4) is 0 Å². The van der Waals surface area contributed by atoms with E-state index in [-0.39, 0.29) is 6.04 Å². The first-order valence-electron chi connectivity index (χ1n) is 6.84. The normalized spacial score (nSPS) is 14.8. The van der Waals surface area contributed by atoms with Gasteiger partial charge in [-0.25, -0.2) is 0 Å². The topological polar surface area (TPSA) is 35.2 Å². The highest BCUT2D eigenvalue weighted by molar-refractivity contribution is 9.10. The molecule has 0 aliphatic carbocycles. The van der Waals surface area contributed by atoms with Gasteiger partial charge in [0.2, 0.25) is 0 Å². The van der Waals surface area contributed by atoms with E-state index in [1.165, 1.54) is 16.7 Å². The van der Waals surface area contributed by atoms with Gasteiger partial charge in [0.15, 0.2) is 0 Å². The number of hydrogen-bond acceptors (Lipinski definition) is 2. The summed E-state index contributed by atoms with van der Waals surface area (Å²) in [6, 6.07) is 10.5. The smallest absolute Gasteiger partial charge is 0.127 e. The highest BCUT2D eigenvalue weighted by atomic mass is 79.9. The van der Waals surface area contributed by atoms with Crippen LogP contribution in [0.2, 0.25) is 0 Å². The van der Waals surface area contributed by atoms with Crippen molar-refractivity contribution in [3.8, 4) is 5.75 Å². The Morgan fingerprint density at radius 1 is 1.15 bits per heavy atom. The van der Waals surface area contributed by atoms with Crippen molar-refractivity contribution in [1.29, 1.82) is 0 Å². The van der Waals surface area contributed by atoms with Crippen molar-refractivity contribution in [3.63, 3.8) is 0 Å². The van der Waals surface area contributed by atoms with E-state index >= 15 is 0 Å². The first-order valence-corrected chi connectivity index (χ1v) is 7.63. The summed E-state index contributed by atoms with van der Waals surface area (Å²) in [4.78, 5) is 0. The minimum atomic E-state index is -0.153. The highest BCUT2D eigenvalue weighted by Gasteiger charge is 2.23. The molecule has 0 amide bonds. The molecule has 1 aliphatic heterocycles. The third kappa shape index (κ3) is 2.36. The number of aryl methyl sites for hydroxylation is 2. The van der Waals surface area contributed by atoms with Gasteiger partial charge < -0.3 is 10.5 Å². The molecule has 0 radical (unpaired) electrons. The molecular formula is C17H18BrNO. The van der Waals surface area contributed by atoms with E-state index in [1.807, 2.05) is 0 Å². The van der Waals surface area contributed by atoms with Crippen molar-refractivity contribution in [2.24, 2.45) is 5.73 Å². The summed E-state index contributed by atoms with van der Waals surface area (Å²) in [5.74, 6) is 0.973. The lowest BCUT2D eigenvalue weighted by atomic mass is 9.93. The lowest BCUT2D eigenvalue weighted by Crippen LogP contribution is -2.14. The van der Waals surface area contributed by atoms with Crippen LogP contribution in [0.15, 0.2) is 34.8 Å². The summed E-state index contributed by atoms with van der Waals surface area (Å²) < 4.78 is 6.86. The SMILES string of the molecule is Cc1ccc(C(N)c2cc(Br)cc3c2OCC3)c(C)c1. The Hall–Kier alpha value is -1.32. The molecule has 20 heavy (non-hydrogen) atoms. The Labute approximate surface area is 128 Å². The van der Waals surface area contributed by atoms with Crippen LogP contribution >= 0.6 is 15.9 Å². The molecule has 0 bridgehead atoms. The van der Waals surface area contributed by atoms with Crippen molar-refractivity contribution in [1.82, 2.24) is 0 Å². The molecule has 0 saturated carbocycles. The lowest BCUT2D eigenvalue weighted by Gasteiger charge is -2.19. The summed E-state index contributed by atoms with van der Waals surface area (Å²) in [7, 11) is 0. The molecule has 1 atom stereocenters. The van der Waals surface area contributed by atoms with Crippen molar-refractivity contribution in [2.45, 2.75) is 26.3 Å². The summed E-state index contributed by atoms with van der Waals surface area (Å²) in [5, 5.41) is 0. The first kappa shape index (κ1) is 13.7. The molecule has 2 nitrogen and oxygen atoms in total. The quantitative estimate of drug-likeness (QED) is 0.900. The van der Waals surface area contributed by atoms with E-state index in [0.29, 0.717) is 0 Å². The maximum atomic E-state index is 6.51. The maximum absolute atomic E-state index is 6.51. The number of rotatable bonds is 2. The highest BCUT2D eigenvalue weighted by Crippen LogP contribution is 2.38. The summed E-state index contributed by atoms with van der Waals surface area (Å²) >= 11 is 3.58. The third-order valence-electron chi connectivity index (χ3n) is 3.87. The van der Waals surface area contributed by atoms with Crippen LogP contribution in [0.25, 0.3) is 0 Å². The van der Waals surface area contributed by atoms with Crippen LogP contribution in [-0.2, 0) is 6.42 Å². The molecule has 2 N–H and O–H groups in total. The van der Waals surface area contributed by atoms with E-state index in [0.717, 1.165) is 34.4 Å². The molecule has 1 aliphatic rings. The molecular weight excluding hydrogens is 314 g/mol. The van der Waals surface area contributed by atoms with Crippen molar-refractivity contribution in [3.05, 3.63) is 62.6 Å². The second-order valence-corrected chi connectivity index (χ2v) is 6.34. The number of benzene rings is 2. The standard InChI is InChI=1S/C17H18BrNO/c1-10-3-4-14(11(2)7-10)16(19)15-9-13(18)8-12-5-6-20-17(12)15/h3-4,7-9,16H,5-6,19H2,1-2H3. The van der Waals surface area contributed by atoms with Crippen LogP contribution in [0.1, 0.15) is 33.9 Å². The fourth-order valence-electron chi connectivity index (χ4n) is 2.87. The zero-order valence-electron chi connectivity index (χ0n) is 11.7. The van der Waals surface area contributed by atoms with Crippen molar-refractivity contribution in [2.75, 3.05) is 6.61 Å². The maximum Gasteiger partial charge on any atom is 0.127 e. The fraction of sp³-hybridized carbons (Fsp3) is 0.294. The average molecular weight is 332 g/mol. The van der Waals surface area contributed by atoms with Gasteiger partial charge in [0.05, 0.1) is 12.6 Å². The minimum absolute atomic E-state index is 0.153. The number of ether oxygens (including phenoxy) is 1. The van der Waals surface area contributed by atoms with Crippen LogP contribution in [0, 0.1) is 13.8 Å². The number of halogens is 1. The van der Waals surface area contributed by atoms with E-state index in [9.17, 15) is 0 Å². The number of nitrogens with two attached hydrogens (primary N) is 1. The molecule has 0 aromatic heterocycles. The zero-order valence-corrected chi connectivity index (χ0v) is 13.3. The molecule has 0 saturated heterocycles. The second-order valence-electron chi connectivity index (χ2n) is 5.42. The van der Waals surface area contributed by atoms with Gasteiger partial charge in [0, 0.05) is 16.5 Å². The monoisotopic (exact) mass is 331 g/mol. The summed E-state index contributed by atoms with van der Waals surface area (Å²) in [6.45, 7) is 4.96. The van der Waals surface area contributed by atoms with Gasteiger partial charge in [-0.1, -0.05) is 39.7 Å². The molecule has 0 spiro atoms. The number of hydrogen-bond donors (Lipinski definition) is 1. The van der Waals surface area contributed by atoms with Gasteiger partial charge in [0.25, 0.3) is 0 Å². The van der Waals surface area contributed by atoms with Gasteiger partial charge >= 0.3 is 0 Å². The Morgan fingerprint density at radius 2 is 1.95 bits per heavy atom. The summed E-state index contributed by atoms with van der Waals surface area (Å²) in [5.41, 5.74) is 12.5. The molecule has 0 fully saturated rings. The minimum Gasteiger partial charge on any atom is -0.493 e. The molecule has 2 aromatic rings. The molecule has 104 valence electrons. The van der Waals surface area contributed by atoms with Crippen LogP contribution in [-0.4, -0.2) is 6.61 Å². The number of fused-ring (bicyclic) bond motifs is 1. The molecule has 1 unspecified atom stereocenters. The average Bonchev–Trinajstić information content (AvgIpc) is 2.85. The van der Waals surface area contributed by atoms with Crippen molar-refractivity contribution >= 4 is 15.9 Å². The third-order valence-corrected chi connectivity index (χ3v) is 4.33. The van der Waals surface area contributed by atoms with Gasteiger partial charge in [-0.15, -0.1) is 0 Å². The van der Waals surface area contributed by atoms with E-state index in [1.54, 1.807) is 0 Å². The largest absolute Gasteiger partial charge is 0.493 e. The van der Waals surface area contributed by atoms with E-state index in [2.05, 4.69) is 60.1 Å². The van der Waals surface area contributed by atoms with E-state index < -0.39 is 0 Å². The molecule has 2 aromatic carbocycles. The summed E-state index contributed by atoms with van der Waals surface area (Å²) in [6.07, 6.45) is 0.960. The molecule has 3 heteroatoms. The van der Waals surface area contributed by atoms with E-state index in [4.69, 9.17) is 10.5 Å². The first-order chi connectivity index (χ1) is 9.56. The van der Waals surface area contributed by atoms with Gasteiger partial charge in [0.1, 0.15) is 5.75 Å². The predicted octanol–water partition coefficient (Wildman–Crippen LogP) is 4.05. The second kappa shape index (κ2) is 5.23. The predicted molar refractivity (Wildman–Crippen MR) is 85.3 cm³/mol. The van der Waals surface area contributed by atoms with Crippen LogP contribution in [0.5, 0.6) is 5.75 Å². The Morgan fingerprint density at radius 3 is 2.70 bits per heavy atom. The zero-order chi connectivity index (χ0) is 14.3. The molecule has 3 rings (SSSR count). The lowest BCUT2D eigenvalue weighted by molar-refractivity contribution is 0.352. The van der Waals surface area contributed by atoms with Crippen LogP contribution < -0.4 is 10.5 Å². The Kier molecular flexibility index (Phi) is 3.57. The van der Waals surface area contributed by atoms with Crippen molar-refractivity contribution < 1.29 is 4.74 Å². The Balaban J connectivity index is 2.09. The Bertz CT molecular complexity index is 666. The fourth-order valence-corrected chi connectivity index (χ4v) is 3.39. The molecule has 1 heterocycles. The van der Waals surface area contributed by atoms with Gasteiger partial charge in [-0.05, 0) is 42.7 Å². The van der Waals surface area contributed by atoms with Gasteiger partial charge in [-0.2, -0.15) is 0 Å². The van der Waals surface area contributed by atoms with Gasteiger partial charge in [-0.3, -0.25) is 0 Å².